The van der Waals surface area contributed by atoms with Gasteiger partial charge in [-0.3, -0.25) is 4.79 Å². The van der Waals surface area contributed by atoms with E-state index in [1.165, 1.54) is 5.56 Å². The van der Waals surface area contributed by atoms with Gasteiger partial charge in [0.25, 0.3) is 5.91 Å². The summed E-state index contributed by atoms with van der Waals surface area (Å²) in [7, 11) is 2.22. The van der Waals surface area contributed by atoms with Crippen LogP contribution < -0.4 is 0 Å². The number of rotatable bonds is 4. The molecule has 0 aliphatic carbocycles. The molecule has 2 saturated heterocycles. The minimum Gasteiger partial charge on any atom is -0.367 e. The van der Waals surface area contributed by atoms with Gasteiger partial charge in [0.1, 0.15) is 0 Å². The molecule has 0 aromatic heterocycles. The molecule has 154 valence electrons. The van der Waals surface area contributed by atoms with Crippen LogP contribution in [0.4, 0.5) is 0 Å². The van der Waals surface area contributed by atoms with Gasteiger partial charge in [0.2, 0.25) is 0 Å². The van der Waals surface area contributed by atoms with Crippen LogP contribution in [0.3, 0.4) is 0 Å². The van der Waals surface area contributed by atoms with Crippen LogP contribution >= 0.6 is 0 Å². The Morgan fingerprint density at radius 1 is 1.07 bits per heavy atom. The smallest absolute Gasteiger partial charge is 0.253 e. The molecule has 0 bridgehead atoms. The van der Waals surface area contributed by atoms with E-state index in [9.17, 15) is 4.79 Å². The van der Waals surface area contributed by atoms with E-state index in [4.69, 9.17) is 4.74 Å². The average Bonchev–Trinajstić information content (AvgIpc) is 2.79. The molecule has 1 spiro atoms. The second-order valence-electron chi connectivity index (χ2n) is 8.53. The molecule has 2 fully saturated rings. The van der Waals surface area contributed by atoms with Crippen LogP contribution in [-0.2, 0) is 4.74 Å². The Labute approximate surface area is 174 Å². The fourth-order valence-corrected chi connectivity index (χ4v) is 4.83. The first-order chi connectivity index (χ1) is 14.1. The van der Waals surface area contributed by atoms with Crippen molar-refractivity contribution in [3.05, 3.63) is 71.8 Å². The van der Waals surface area contributed by atoms with Gasteiger partial charge < -0.3 is 14.5 Å². The predicted molar refractivity (Wildman–Crippen MR) is 116 cm³/mol. The first kappa shape index (κ1) is 20.1. The summed E-state index contributed by atoms with van der Waals surface area (Å²) >= 11 is 0. The number of hydrogen-bond acceptors (Lipinski definition) is 3. The second kappa shape index (κ2) is 8.68. The molecule has 4 heteroatoms. The number of carbonyl (C=O) groups is 1. The zero-order valence-electron chi connectivity index (χ0n) is 17.6. The molecule has 4 nitrogen and oxygen atoms in total. The second-order valence-corrected chi connectivity index (χ2v) is 8.53. The van der Waals surface area contributed by atoms with Crippen molar-refractivity contribution in [3.63, 3.8) is 0 Å². The van der Waals surface area contributed by atoms with E-state index >= 15 is 0 Å². The lowest BCUT2D eigenvalue weighted by Gasteiger charge is -2.50. The molecular formula is C25H32N2O2. The minimum atomic E-state index is -0.139. The molecule has 29 heavy (non-hydrogen) atoms. The molecule has 0 saturated carbocycles. The lowest BCUT2D eigenvalue weighted by Crippen LogP contribution is -2.54. The summed E-state index contributed by atoms with van der Waals surface area (Å²) in [5.74, 6) is 0.137. The van der Waals surface area contributed by atoms with Gasteiger partial charge in [-0.25, -0.2) is 0 Å². The lowest BCUT2D eigenvalue weighted by molar-refractivity contribution is -0.170. The SMILES string of the molecule is CCN(C)[C@H]1C[C@@H](c2ccccc2)OC2(CCN(C(=O)c3ccccc3)CC2)C1. The van der Waals surface area contributed by atoms with Crippen molar-refractivity contribution in [3.8, 4) is 0 Å². The zero-order chi connectivity index (χ0) is 20.3. The Bertz CT molecular complexity index is 800. The fraction of sp³-hybridized carbons (Fsp3) is 0.480. The zero-order valence-corrected chi connectivity index (χ0v) is 17.6. The molecule has 1 amide bonds. The number of piperidine rings is 1. The van der Waals surface area contributed by atoms with Gasteiger partial charge in [-0.1, -0.05) is 55.5 Å². The quantitative estimate of drug-likeness (QED) is 0.766. The minimum absolute atomic E-state index is 0.125. The van der Waals surface area contributed by atoms with Crippen LogP contribution in [0.1, 0.15) is 54.6 Å². The molecule has 2 heterocycles. The monoisotopic (exact) mass is 392 g/mol. The highest BCUT2D eigenvalue weighted by atomic mass is 16.5. The Morgan fingerprint density at radius 2 is 1.69 bits per heavy atom. The van der Waals surface area contributed by atoms with Gasteiger partial charge in [0.15, 0.2) is 0 Å². The fourth-order valence-electron chi connectivity index (χ4n) is 4.83. The highest BCUT2D eigenvalue weighted by Crippen LogP contribution is 2.44. The maximum absolute atomic E-state index is 12.9. The summed E-state index contributed by atoms with van der Waals surface area (Å²) in [5, 5.41) is 0. The van der Waals surface area contributed by atoms with Gasteiger partial charge in [-0.15, -0.1) is 0 Å². The van der Waals surface area contributed by atoms with E-state index in [1.807, 2.05) is 35.2 Å². The number of hydrogen-bond donors (Lipinski definition) is 0. The summed E-state index contributed by atoms with van der Waals surface area (Å²) in [5.41, 5.74) is 1.91. The number of benzene rings is 2. The van der Waals surface area contributed by atoms with E-state index in [1.54, 1.807) is 0 Å². The number of likely N-dealkylation sites (tertiary alicyclic amines) is 1. The number of carbonyl (C=O) groups excluding carboxylic acids is 1. The molecule has 2 atom stereocenters. The molecule has 2 aliphatic heterocycles. The highest BCUT2D eigenvalue weighted by Gasteiger charge is 2.45. The third kappa shape index (κ3) is 4.39. The molecule has 4 rings (SSSR count). The molecule has 2 aromatic carbocycles. The van der Waals surface area contributed by atoms with Gasteiger partial charge in [0, 0.05) is 24.7 Å². The normalized spacial score (nSPS) is 24.0. The van der Waals surface area contributed by atoms with Crippen LogP contribution in [-0.4, -0.2) is 54.0 Å². The number of ether oxygens (including phenoxy) is 1. The summed E-state index contributed by atoms with van der Waals surface area (Å²) < 4.78 is 6.80. The van der Waals surface area contributed by atoms with Gasteiger partial charge in [0.05, 0.1) is 11.7 Å². The molecule has 0 unspecified atom stereocenters. The average molecular weight is 393 g/mol. The van der Waals surface area contributed by atoms with Crippen molar-refractivity contribution in [1.29, 1.82) is 0 Å². The topological polar surface area (TPSA) is 32.8 Å². The van der Waals surface area contributed by atoms with E-state index in [2.05, 4.69) is 49.2 Å². The van der Waals surface area contributed by atoms with Crippen LogP contribution in [0, 0.1) is 0 Å². The third-order valence-corrected chi connectivity index (χ3v) is 6.76. The summed E-state index contributed by atoms with van der Waals surface area (Å²) in [6.45, 7) is 4.79. The van der Waals surface area contributed by atoms with Gasteiger partial charge >= 0.3 is 0 Å². The van der Waals surface area contributed by atoms with E-state index in [-0.39, 0.29) is 17.6 Å². The van der Waals surface area contributed by atoms with Crippen LogP contribution in [0.5, 0.6) is 0 Å². The van der Waals surface area contributed by atoms with Crippen LogP contribution in [0.2, 0.25) is 0 Å². The van der Waals surface area contributed by atoms with Crippen LogP contribution in [0.25, 0.3) is 0 Å². The Morgan fingerprint density at radius 3 is 2.31 bits per heavy atom. The standard InChI is InChI=1S/C25H32N2O2/c1-3-26(2)22-18-23(20-10-6-4-7-11-20)29-25(19-22)14-16-27(17-15-25)24(28)21-12-8-5-9-13-21/h4-13,22-23H,3,14-19H2,1-2H3/t22-,23-/m0/s1. The highest BCUT2D eigenvalue weighted by molar-refractivity contribution is 5.94. The van der Waals surface area contributed by atoms with Crippen molar-refractivity contribution in [2.45, 2.75) is 50.4 Å². The maximum atomic E-state index is 12.9. The maximum Gasteiger partial charge on any atom is 0.253 e. The molecule has 2 aliphatic rings. The first-order valence-corrected chi connectivity index (χ1v) is 10.9. The summed E-state index contributed by atoms with van der Waals surface area (Å²) in [6.07, 6.45) is 4.02. The number of nitrogens with zero attached hydrogens (tertiary/aromatic N) is 2. The van der Waals surface area contributed by atoms with Crippen molar-refractivity contribution in [2.75, 3.05) is 26.7 Å². The van der Waals surface area contributed by atoms with E-state index in [0.29, 0.717) is 6.04 Å². The Kier molecular flexibility index (Phi) is 6.02. The van der Waals surface area contributed by atoms with Gasteiger partial charge in [-0.05, 0) is 57.0 Å². The van der Waals surface area contributed by atoms with Crippen molar-refractivity contribution < 1.29 is 9.53 Å². The molecule has 0 N–H and O–H groups in total. The molecular weight excluding hydrogens is 360 g/mol. The van der Waals surface area contributed by atoms with Crippen molar-refractivity contribution in [2.24, 2.45) is 0 Å². The van der Waals surface area contributed by atoms with E-state index in [0.717, 1.165) is 50.9 Å². The molecule has 2 aromatic rings. The lowest BCUT2D eigenvalue weighted by atomic mass is 9.79. The Hall–Kier alpha value is -2.17. The number of amides is 1. The van der Waals surface area contributed by atoms with Crippen molar-refractivity contribution >= 4 is 5.91 Å². The van der Waals surface area contributed by atoms with Crippen molar-refractivity contribution in [1.82, 2.24) is 9.80 Å². The summed E-state index contributed by atoms with van der Waals surface area (Å²) in [4.78, 5) is 17.3. The largest absolute Gasteiger partial charge is 0.367 e. The van der Waals surface area contributed by atoms with E-state index < -0.39 is 0 Å². The third-order valence-electron chi connectivity index (χ3n) is 6.76. The molecule has 0 radical (unpaired) electrons. The first-order valence-electron chi connectivity index (χ1n) is 10.9. The predicted octanol–water partition coefficient (Wildman–Crippen LogP) is 4.53. The summed E-state index contributed by atoms with van der Waals surface area (Å²) in [6, 6.07) is 20.7. The van der Waals surface area contributed by atoms with Gasteiger partial charge in [-0.2, -0.15) is 0 Å². The van der Waals surface area contributed by atoms with Crippen LogP contribution in [0.15, 0.2) is 60.7 Å². The Balaban J connectivity index is 1.49.